The molecule has 0 radical (unpaired) electrons. The smallest absolute Gasteiger partial charge is 0.354 e. The molecule has 1 aliphatic carbocycles. The lowest BCUT2D eigenvalue weighted by atomic mass is 10.1. The Balaban J connectivity index is 1.60. The number of amides is 1. The highest BCUT2D eigenvalue weighted by atomic mass is 16.4. The van der Waals surface area contributed by atoms with Crippen LogP contribution >= 0.6 is 0 Å². The summed E-state index contributed by atoms with van der Waals surface area (Å²) in [6.45, 7) is 0.489. The lowest BCUT2D eigenvalue weighted by Crippen LogP contribution is -2.20. The molecule has 1 aromatic carbocycles. The number of carboxylic acid groups (broad SMARTS) is 1. The molecule has 3 rings (SSSR count). The number of carboxylic acids is 1. The molecule has 1 fully saturated rings. The Bertz CT molecular complexity index is 770. The third-order valence-electron chi connectivity index (χ3n) is 4.36. The summed E-state index contributed by atoms with van der Waals surface area (Å²) in [7, 11) is 0. The van der Waals surface area contributed by atoms with E-state index < -0.39 is 5.97 Å². The zero-order valence-corrected chi connectivity index (χ0v) is 13.9. The predicted molar refractivity (Wildman–Crippen MR) is 95.6 cm³/mol. The Morgan fingerprint density at radius 2 is 1.88 bits per heavy atom. The summed E-state index contributed by atoms with van der Waals surface area (Å²) in [4.78, 5) is 27.2. The summed E-state index contributed by atoms with van der Waals surface area (Å²) in [6, 6.07) is 12.4. The third-order valence-corrected chi connectivity index (χ3v) is 4.36. The molecule has 0 spiro atoms. The standard InChI is InChI=1S/C19H21N3O3/c23-18(14-6-1-2-7-14)21-15-8-3-5-13(11-15)12-20-17-10-4-9-16(22-17)19(24)25/h3-5,8-11,14H,1-2,6-7,12H2,(H,20,22)(H,21,23)(H,24,25). The molecule has 0 saturated heterocycles. The summed E-state index contributed by atoms with van der Waals surface area (Å²) in [6.07, 6.45) is 4.20. The van der Waals surface area contributed by atoms with E-state index in [1.807, 2.05) is 24.3 Å². The molecule has 1 aliphatic rings. The number of nitrogens with zero attached hydrogens (tertiary/aromatic N) is 1. The van der Waals surface area contributed by atoms with Crippen LogP contribution in [0.5, 0.6) is 0 Å². The van der Waals surface area contributed by atoms with Crippen molar-refractivity contribution in [3.63, 3.8) is 0 Å². The van der Waals surface area contributed by atoms with Gasteiger partial charge in [0.25, 0.3) is 0 Å². The molecule has 130 valence electrons. The van der Waals surface area contributed by atoms with Crippen molar-refractivity contribution in [2.75, 3.05) is 10.6 Å². The van der Waals surface area contributed by atoms with Crippen LogP contribution in [0.3, 0.4) is 0 Å². The van der Waals surface area contributed by atoms with Crippen molar-refractivity contribution in [2.45, 2.75) is 32.2 Å². The summed E-state index contributed by atoms with van der Waals surface area (Å²) >= 11 is 0. The minimum atomic E-state index is -1.06. The van der Waals surface area contributed by atoms with Gasteiger partial charge in [-0.05, 0) is 42.7 Å². The number of carbonyl (C=O) groups excluding carboxylic acids is 1. The Kier molecular flexibility index (Phi) is 5.28. The second-order valence-electron chi connectivity index (χ2n) is 6.24. The van der Waals surface area contributed by atoms with Gasteiger partial charge in [-0.25, -0.2) is 9.78 Å². The molecule has 6 nitrogen and oxygen atoms in total. The van der Waals surface area contributed by atoms with E-state index in [0.29, 0.717) is 12.4 Å². The molecule has 0 atom stereocenters. The molecular formula is C19H21N3O3. The Morgan fingerprint density at radius 3 is 2.64 bits per heavy atom. The maximum atomic E-state index is 12.2. The van der Waals surface area contributed by atoms with Gasteiger partial charge in [0.1, 0.15) is 5.82 Å². The van der Waals surface area contributed by atoms with Crippen LogP contribution in [0, 0.1) is 5.92 Å². The zero-order valence-electron chi connectivity index (χ0n) is 13.9. The number of rotatable bonds is 6. The number of pyridine rings is 1. The minimum absolute atomic E-state index is 0.00239. The van der Waals surface area contributed by atoms with Crippen LogP contribution in [0.1, 0.15) is 41.7 Å². The second kappa shape index (κ2) is 7.79. The zero-order chi connectivity index (χ0) is 17.6. The van der Waals surface area contributed by atoms with Crippen LogP contribution in [-0.2, 0) is 11.3 Å². The van der Waals surface area contributed by atoms with Gasteiger partial charge in [-0.1, -0.05) is 31.0 Å². The normalized spacial score (nSPS) is 14.2. The van der Waals surface area contributed by atoms with E-state index in [0.717, 1.165) is 36.9 Å². The van der Waals surface area contributed by atoms with Gasteiger partial charge in [-0.15, -0.1) is 0 Å². The van der Waals surface area contributed by atoms with Gasteiger partial charge in [0.15, 0.2) is 5.69 Å². The number of aromatic nitrogens is 1. The number of hydrogen-bond acceptors (Lipinski definition) is 4. The van der Waals surface area contributed by atoms with Crippen molar-refractivity contribution in [2.24, 2.45) is 5.92 Å². The molecule has 6 heteroatoms. The van der Waals surface area contributed by atoms with Gasteiger partial charge in [-0.3, -0.25) is 4.79 Å². The number of anilines is 2. The summed E-state index contributed by atoms with van der Waals surface area (Å²) in [5, 5.41) is 15.1. The number of benzene rings is 1. The highest BCUT2D eigenvalue weighted by Crippen LogP contribution is 2.26. The maximum Gasteiger partial charge on any atom is 0.354 e. The van der Waals surface area contributed by atoms with Gasteiger partial charge in [-0.2, -0.15) is 0 Å². The minimum Gasteiger partial charge on any atom is -0.477 e. The monoisotopic (exact) mass is 339 g/mol. The van der Waals surface area contributed by atoms with Gasteiger partial charge in [0.05, 0.1) is 0 Å². The number of hydrogen-bond donors (Lipinski definition) is 3. The summed E-state index contributed by atoms with van der Waals surface area (Å²) in [5.41, 5.74) is 1.76. The first-order chi connectivity index (χ1) is 12.1. The Morgan fingerprint density at radius 1 is 1.12 bits per heavy atom. The lowest BCUT2D eigenvalue weighted by molar-refractivity contribution is -0.119. The average molecular weight is 339 g/mol. The maximum absolute atomic E-state index is 12.2. The van der Waals surface area contributed by atoms with Crippen molar-refractivity contribution >= 4 is 23.4 Å². The molecule has 1 amide bonds. The fourth-order valence-electron chi connectivity index (χ4n) is 3.04. The highest BCUT2D eigenvalue weighted by molar-refractivity contribution is 5.92. The molecule has 0 unspecified atom stereocenters. The van der Waals surface area contributed by atoms with E-state index in [-0.39, 0.29) is 17.5 Å². The molecular weight excluding hydrogens is 318 g/mol. The van der Waals surface area contributed by atoms with Crippen LogP contribution in [0.2, 0.25) is 0 Å². The van der Waals surface area contributed by atoms with Gasteiger partial charge >= 0.3 is 5.97 Å². The van der Waals surface area contributed by atoms with Crippen molar-refractivity contribution in [3.05, 3.63) is 53.7 Å². The van der Waals surface area contributed by atoms with E-state index in [1.165, 1.54) is 6.07 Å². The molecule has 0 aliphatic heterocycles. The van der Waals surface area contributed by atoms with Gasteiger partial charge in [0, 0.05) is 18.2 Å². The first-order valence-corrected chi connectivity index (χ1v) is 8.46. The van der Waals surface area contributed by atoms with E-state index in [2.05, 4.69) is 15.6 Å². The number of nitrogens with one attached hydrogen (secondary N) is 2. The largest absolute Gasteiger partial charge is 0.477 e. The fraction of sp³-hybridized carbons (Fsp3) is 0.316. The van der Waals surface area contributed by atoms with E-state index in [9.17, 15) is 9.59 Å². The SMILES string of the molecule is O=C(O)c1cccc(NCc2cccc(NC(=O)C3CCCC3)c2)n1. The fourth-order valence-corrected chi connectivity index (χ4v) is 3.04. The number of aromatic carboxylic acids is 1. The van der Waals surface area contributed by atoms with Crippen LogP contribution in [0.15, 0.2) is 42.5 Å². The molecule has 3 N–H and O–H groups in total. The lowest BCUT2D eigenvalue weighted by Gasteiger charge is -2.12. The first kappa shape index (κ1) is 17.0. The molecule has 0 bridgehead atoms. The highest BCUT2D eigenvalue weighted by Gasteiger charge is 2.22. The summed E-state index contributed by atoms with van der Waals surface area (Å²) in [5.74, 6) is -0.330. The first-order valence-electron chi connectivity index (χ1n) is 8.46. The quantitative estimate of drug-likeness (QED) is 0.749. The van der Waals surface area contributed by atoms with Crippen molar-refractivity contribution < 1.29 is 14.7 Å². The van der Waals surface area contributed by atoms with E-state index in [4.69, 9.17) is 5.11 Å². The van der Waals surface area contributed by atoms with Crippen LogP contribution in [0.25, 0.3) is 0 Å². The second-order valence-corrected chi connectivity index (χ2v) is 6.24. The topological polar surface area (TPSA) is 91.3 Å². The van der Waals surface area contributed by atoms with Gasteiger partial charge in [0.2, 0.25) is 5.91 Å². The Hall–Kier alpha value is -2.89. The molecule has 1 heterocycles. The Labute approximate surface area is 146 Å². The van der Waals surface area contributed by atoms with Crippen LogP contribution in [0.4, 0.5) is 11.5 Å². The predicted octanol–water partition coefficient (Wildman–Crippen LogP) is 3.52. The van der Waals surface area contributed by atoms with Crippen LogP contribution < -0.4 is 10.6 Å². The number of carbonyl (C=O) groups is 2. The third kappa shape index (κ3) is 4.56. The van der Waals surface area contributed by atoms with Crippen molar-refractivity contribution in [3.8, 4) is 0 Å². The summed E-state index contributed by atoms with van der Waals surface area (Å²) < 4.78 is 0. The van der Waals surface area contributed by atoms with Crippen molar-refractivity contribution in [1.82, 2.24) is 4.98 Å². The van der Waals surface area contributed by atoms with E-state index >= 15 is 0 Å². The van der Waals surface area contributed by atoms with E-state index in [1.54, 1.807) is 12.1 Å². The van der Waals surface area contributed by atoms with Crippen molar-refractivity contribution in [1.29, 1.82) is 0 Å². The molecule has 1 aromatic heterocycles. The average Bonchev–Trinajstić information content (AvgIpc) is 3.15. The molecule has 1 saturated carbocycles. The molecule has 25 heavy (non-hydrogen) atoms. The molecule has 2 aromatic rings. The van der Waals surface area contributed by atoms with Crippen LogP contribution in [-0.4, -0.2) is 22.0 Å². The van der Waals surface area contributed by atoms with Gasteiger partial charge < -0.3 is 15.7 Å².